The number of unbranched alkanes of at least 4 members (excludes halogenated alkanes) is 12. The van der Waals surface area contributed by atoms with Crippen molar-refractivity contribution in [3.63, 3.8) is 0 Å². The zero-order valence-electron chi connectivity index (χ0n) is 21.8. The van der Waals surface area contributed by atoms with Gasteiger partial charge in [0.15, 0.2) is 0 Å². The first kappa shape index (κ1) is 31.0. The van der Waals surface area contributed by atoms with E-state index in [1.165, 1.54) is 64.2 Å². The zero-order valence-corrected chi connectivity index (χ0v) is 23.5. The van der Waals surface area contributed by atoms with Crippen LogP contribution in [0.15, 0.2) is 0 Å². The van der Waals surface area contributed by atoms with Crippen molar-refractivity contribution >= 4 is 13.4 Å². The number of hydrogen-bond acceptors (Lipinski definition) is 4. The third-order valence-electron chi connectivity index (χ3n) is 5.60. The van der Waals surface area contributed by atoms with Gasteiger partial charge >= 0.3 is 197 Å². The van der Waals surface area contributed by atoms with Gasteiger partial charge in [0.05, 0.1) is 0 Å². The van der Waals surface area contributed by atoms with E-state index in [2.05, 4.69) is 41.5 Å². The Morgan fingerprint density at radius 2 is 0.710 bits per heavy atom. The van der Waals surface area contributed by atoms with Crippen LogP contribution in [0.3, 0.4) is 0 Å². The first-order chi connectivity index (χ1) is 14.4. The average molecular weight is 510 g/mol. The van der Waals surface area contributed by atoms with E-state index < -0.39 is 13.4 Å². The van der Waals surface area contributed by atoms with Gasteiger partial charge in [-0.05, 0) is 0 Å². The normalized spacial score (nSPS) is 13.1. The molecule has 0 saturated heterocycles. The van der Waals surface area contributed by atoms with E-state index in [1.807, 2.05) is 0 Å². The van der Waals surface area contributed by atoms with Crippen LogP contribution in [0.1, 0.15) is 144 Å². The van der Waals surface area contributed by atoms with Crippen LogP contribution >= 0.6 is 0 Å². The fraction of sp³-hybridized carbons (Fsp3) is 1.00. The van der Waals surface area contributed by atoms with Crippen molar-refractivity contribution in [2.45, 2.75) is 144 Å². The van der Waals surface area contributed by atoms with E-state index in [4.69, 9.17) is 7.64 Å². The molecule has 0 aliphatic heterocycles. The van der Waals surface area contributed by atoms with E-state index in [9.17, 15) is 7.67 Å². The minimum absolute atomic E-state index is 0.269. The number of hydrogen-bond donors (Lipinski definition) is 0. The molecule has 0 aromatic carbocycles. The Hall–Kier alpha value is 0.0395. The third-order valence-corrected chi connectivity index (χ3v) is 7.51. The number of rotatable bonds is 20. The van der Waals surface area contributed by atoms with Crippen molar-refractivity contribution in [2.24, 2.45) is 10.8 Å². The SMILES string of the molecule is CC(C)(C)CCCCCCCCCO[Se](=O)(=O)OCCCCCCCCCC(C)(C)C. The van der Waals surface area contributed by atoms with Crippen molar-refractivity contribution in [2.75, 3.05) is 13.2 Å². The Morgan fingerprint density at radius 3 is 1.00 bits per heavy atom. The molecule has 0 saturated carbocycles. The van der Waals surface area contributed by atoms with Crippen LogP contribution < -0.4 is 0 Å². The third kappa shape index (κ3) is 26.2. The summed E-state index contributed by atoms with van der Waals surface area (Å²) in [6.45, 7) is 14.3. The molecule has 188 valence electrons. The van der Waals surface area contributed by atoms with Gasteiger partial charge in [-0.15, -0.1) is 0 Å². The van der Waals surface area contributed by atoms with Gasteiger partial charge in [0.2, 0.25) is 0 Å². The molecule has 0 heterocycles. The van der Waals surface area contributed by atoms with E-state index in [-0.39, 0.29) is 13.2 Å². The monoisotopic (exact) mass is 510 g/mol. The Bertz CT molecular complexity index is 460. The summed E-state index contributed by atoms with van der Waals surface area (Å²) in [5.41, 5.74) is 0.886. The fourth-order valence-corrected chi connectivity index (χ4v) is 5.13. The second-order valence-electron chi connectivity index (χ2n) is 11.6. The maximum atomic E-state index is 11.8. The van der Waals surface area contributed by atoms with Crippen molar-refractivity contribution < 1.29 is 15.3 Å². The molecule has 0 aromatic rings. The van der Waals surface area contributed by atoms with Crippen LogP contribution in [0, 0.1) is 10.8 Å². The molecule has 0 rings (SSSR count). The summed E-state index contributed by atoms with van der Waals surface area (Å²) in [5.74, 6) is 0. The molecule has 0 radical (unpaired) electrons. The molecule has 0 spiro atoms. The fourth-order valence-electron chi connectivity index (χ4n) is 3.64. The first-order valence-corrected chi connectivity index (χ1v) is 15.7. The van der Waals surface area contributed by atoms with Crippen LogP contribution in [-0.2, 0) is 15.3 Å². The molecule has 0 fully saturated rings. The van der Waals surface area contributed by atoms with Crippen LogP contribution in [0.4, 0.5) is 0 Å². The molecule has 4 nitrogen and oxygen atoms in total. The summed E-state index contributed by atoms with van der Waals surface area (Å²) in [6, 6.07) is 0. The summed E-state index contributed by atoms with van der Waals surface area (Å²) in [7, 11) is 0. The average Bonchev–Trinajstić information content (AvgIpc) is 2.63. The molecule has 0 unspecified atom stereocenters. The molecular weight excluding hydrogens is 455 g/mol. The summed E-state index contributed by atoms with van der Waals surface area (Å²) < 4.78 is 33.7. The second kappa shape index (κ2) is 17.5. The Balaban J connectivity index is 3.42. The van der Waals surface area contributed by atoms with E-state index in [0.717, 1.165) is 38.5 Å². The van der Waals surface area contributed by atoms with Crippen LogP contribution in [0.25, 0.3) is 0 Å². The predicted molar refractivity (Wildman–Crippen MR) is 132 cm³/mol. The van der Waals surface area contributed by atoms with Gasteiger partial charge in [-0.1, -0.05) is 0 Å². The van der Waals surface area contributed by atoms with Crippen LogP contribution in [0.5, 0.6) is 0 Å². The van der Waals surface area contributed by atoms with Crippen molar-refractivity contribution in [3.8, 4) is 0 Å². The Labute approximate surface area is 196 Å². The molecule has 0 bridgehead atoms. The van der Waals surface area contributed by atoms with Crippen LogP contribution in [-0.4, -0.2) is 26.6 Å². The standard InChI is InChI=1S/C26H54O4Se/c1-25(2,3)21-17-13-9-7-11-15-19-23-29-31(27,28)30-24-20-16-12-8-10-14-18-22-26(4,5)6/h7-24H2,1-6H3. The van der Waals surface area contributed by atoms with E-state index in [0.29, 0.717) is 10.8 Å². The molecule has 0 aliphatic rings. The van der Waals surface area contributed by atoms with Gasteiger partial charge in [-0.25, -0.2) is 0 Å². The second-order valence-corrected chi connectivity index (χ2v) is 14.3. The first-order valence-electron chi connectivity index (χ1n) is 13.0. The summed E-state index contributed by atoms with van der Waals surface area (Å²) in [4.78, 5) is 0. The molecule has 0 aliphatic carbocycles. The van der Waals surface area contributed by atoms with Crippen molar-refractivity contribution in [1.29, 1.82) is 0 Å². The molecule has 0 N–H and O–H groups in total. The summed E-state index contributed by atoms with van der Waals surface area (Å²) in [5, 5.41) is 0. The minimum atomic E-state index is -4.60. The quantitative estimate of drug-likeness (QED) is 0.122. The van der Waals surface area contributed by atoms with Gasteiger partial charge < -0.3 is 0 Å². The topological polar surface area (TPSA) is 52.6 Å². The van der Waals surface area contributed by atoms with Gasteiger partial charge in [-0.2, -0.15) is 0 Å². The van der Waals surface area contributed by atoms with Crippen molar-refractivity contribution in [1.82, 2.24) is 0 Å². The van der Waals surface area contributed by atoms with Crippen molar-refractivity contribution in [3.05, 3.63) is 0 Å². The molecule has 0 aromatic heterocycles. The van der Waals surface area contributed by atoms with E-state index >= 15 is 0 Å². The van der Waals surface area contributed by atoms with Gasteiger partial charge in [-0.3, -0.25) is 0 Å². The summed E-state index contributed by atoms with van der Waals surface area (Å²) in [6.07, 6.45) is 18.8. The molecule has 0 amide bonds. The van der Waals surface area contributed by atoms with Crippen LogP contribution in [0.2, 0.25) is 0 Å². The van der Waals surface area contributed by atoms with Gasteiger partial charge in [0.1, 0.15) is 0 Å². The Morgan fingerprint density at radius 1 is 0.452 bits per heavy atom. The molecule has 5 heteroatoms. The summed E-state index contributed by atoms with van der Waals surface area (Å²) >= 11 is -4.60. The van der Waals surface area contributed by atoms with Gasteiger partial charge in [0.25, 0.3) is 0 Å². The van der Waals surface area contributed by atoms with Gasteiger partial charge in [0, 0.05) is 0 Å². The molecule has 31 heavy (non-hydrogen) atoms. The predicted octanol–water partition coefficient (Wildman–Crippen LogP) is 8.65. The van der Waals surface area contributed by atoms with E-state index in [1.54, 1.807) is 0 Å². The Kier molecular flexibility index (Phi) is 17.5. The maximum absolute atomic E-state index is 11.8. The zero-order chi connectivity index (χ0) is 23.6. The molecule has 0 atom stereocenters. The molecular formula is C26H54O4Se.